The maximum atomic E-state index is 12.8. The Labute approximate surface area is 123 Å². The molecule has 0 bridgehead atoms. The molecule has 2 rings (SSSR count). The van der Waals surface area contributed by atoms with E-state index in [1.165, 1.54) is 18.2 Å². The van der Waals surface area contributed by atoms with Crippen molar-refractivity contribution in [2.75, 3.05) is 14.1 Å². The topological polar surface area (TPSA) is 29.5 Å². The van der Waals surface area contributed by atoms with Gasteiger partial charge in [-0.05, 0) is 48.5 Å². The Bertz CT molecular complexity index is 631. The molecular weight excluding hydrogens is 269 g/mol. The number of nitrogens with zero attached hydrogens (tertiary/aromatic N) is 1. The van der Waals surface area contributed by atoms with Crippen LogP contribution in [0.15, 0.2) is 60.8 Å². The fourth-order valence-electron chi connectivity index (χ4n) is 1.64. The van der Waals surface area contributed by atoms with Crippen molar-refractivity contribution >= 4 is 5.78 Å². The third-order valence-electron chi connectivity index (χ3n) is 2.71. The van der Waals surface area contributed by atoms with Gasteiger partial charge in [0.25, 0.3) is 0 Å². The SMILES string of the molecule is CN(C)/C=C\C(=O)c1ccc(Oc2ccc(F)cc2)cc1. The van der Waals surface area contributed by atoms with Crippen molar-refractivity contribution in [3.05, 3.63) is 72.2 Å². The third-order valence-corrected chi connectivity index (χ3v) is 2.71. The van der Waals surface area contributed by atoms with Gasteiger partial charge in [0.1, 0.15) is 17.3 Å². The molecule has 3 nitrogen and oxygen atoms in total. The molecule has 4 heteroatoms. The summed E-state index contributed by atoms with van der Waals surface area (Å²) >= 11 is 0. The molecule has 0 aliphatic rings. The summed E-state index contributed by atoms with van der Waals surface area (Å²) in [5.74, 6) is 0.755. The van der Waals surface area contributed by atoms with E-state index < -0.39 is 0 Å². The number of hydrogen-bond donors (Lipinski definition) is 0. The van der Waals surface area contributed by atoms with Gasteiger partial charge in [0, 0.05) is 31.9 Å². The van der Waals surface area contributed by atoms with Crippen molar-refractivity contribution in [2.45, 2.75) is 0 Å². The lowest BCUT2D eigenvalue weighted by Gasteiger charge is -2.06. The summed E-state index contributed by atoms with van der Waals surface area (Å²) in [5.41, 5.74) is 0.583. The minimum atomic E-state index is -0.309. The molecule has 0 saturated carbocycles. The lowest BCUT2D eigenvalue weighted by molar-refractivity contribution is 0.104. The van der Waals surface area contributed by atoms with Gasteiger partial charge in [-0.2, -0.15) is 0 Å². The van der Waals surface area contributed by atoms with E-state index >= 15 is 0 Å². The Kier molecular flexibility index (Phi) is 4.72. The average molecular weight is 285 g/mol. The van der Waals surface area contributed by atoms with Crippen LogP contribution in [0, 0.1) is 5.82 Å². The Morgan fingerprint density at radius 2 is 1.52 bits per heavy atom. The summed E-state index contributed by atoms with van der Waals surface area (Å²) in [7, 11) is 3.70. The van der Waals surface area contributed by atoms with Gasteiger partial charge in [-0.3, -0.25) is 4.79 Å². The summed E-state index contributed by atoms with van der Waals surface area (Å²) in [6.45, 7) is 0. The Balaban J connectivity index is 2.05. The molecule has 0 atom stereocenters. The summed E-state index contributed by atoms with van der Waals surface area (Å²) < 4.78 is 18.4. The van der Waals surface area contributed by atoms with Crippen molar-refractivity contribution < 1.29 is 13.9 Å². The number of benzene rings is 2. The van der Waals surface area contributed by atoms with Gasteiger partial charge in [-0.25, -0.2) is 4.39 Å². The van der Waals surface area contributed by atoms with Gasteiger partial charge < -0.3 is 9.64 Å². The monoisotopic (exact) mass is 285 g/mol. The van der Waals surface area contributed by atoms with Crippen LogP contribution in [0.3, 0.4) is 0 Å². The summed E-state index contributed by atoms with van der Waals surface area (Å²) in [5, 5.41) is 0. The number of ketones is 1. The Morgan fingerprint density at radius 3 is 2.05 bits per heavy atom. The van der Waals surface area contributed by atoms with Crippen LogP contribution in [0.5, 0.6) is 11.5 Å². The van der Waals surface area contributed by atoms with E-state index in [2.05, 4.69) is 0 Å². The van der Waals surface area contributed by atoms with Gasteiger partial charge in [-0.15, -0.1) is 0 Å². The van der Waals surface area contributed by atoms with Crippen LogP contribution < -0.4 is 4.74 Å². The number of ether oxygens (including phenoxy) is 1. The fraction of sp³-hybridized carbons (Fsp3) is 0.118. The molecule has 0 fully saturated rings. The first-order valence-electron chi connectivity index (χ1n) is 6.47. The number of halogens is 1. The highest BCUT2D eigenvalue weighted by Crippen LogP contribution is 2.22. The van der Waals surface area contributed by atoms with Gasteiger partial charge in [0.2, 0.25) is 0 Å². The smallest absolute Gasteiger partial charge is 0.187 e. The molecule has 108 valence electrons. The van der Waals surface area contributed by atoms with Crippen LogP contribution in [-0.4, -0.2) is 24.8 Å². The molecule has 2 aromatic rings. The molecule has 0 heterocycles. The fourth-order valence-corrected chi connectivity index (χ4v) is 1.64. The number of allylic oxidation sites excluding steroid dienone is 1. The minimum absolute atomic E-state index is 0.0722. The molecule has 0 N–H and O–H groups in total. The van der Waals surface area contributed by atoms with Crippen LogP contribution in [0.1, 0.15) is 10.4 Å². The van der Waals surface area contributed by atoms with E-state index in [1.807, 2.05) is 14.1 Å². The highest BCUT2D eigenvalue weighted by molar-refractivity contribution is 6.04. The highest BCUT2D eigenvalue weighted by Gasteiger charge is 2.03. The molecule has 0 aliphatic carbocycles. The molecule has 0 aromatic heterocycles. The van der Waals surface area contributed by atoms with Gasteiger partial charge in [0.15, 0.2) is 5.78 Å². The van der Waals surface area contributed by atoms with Crippen molar-refractivity contribution in [2.24, 2.45) is 0 Å². The first kappa shape index (κ1) is 14.8. The van der Waals surface area contributed by atoms with Gasteiger partial charge in [-0.1, -0.05) is 0 Å². The molecule has 21 heavy (non-hydrogen) atoms. The third kappa shape index (κ3) is 4.45. The van der Waals surface area contributed by atoms with Gasteiger partial charge in [0.05, 0.1) is 0 Å². The largest absolute Gasteiger partial charge is 0.457 e. The molecule has 0 amide bonds. The Hall–Kier alpha value is -2.62. The second-order valence-corrected chi connectivity index (χ2v) is 4.72. The second kappa shape index (κ2) is 6.70. The number of hydrogen-bond acceptors (Lipinski definition) is 3. The summed E-state index contributed by atoms with van der Waals surface area (Å²) in [6, 6.07) is 12.6. The van der Waals surface area contributed by atoms with Crippen LogP contribution in [-0.2, 0) is 0 Å². The zero-order valence-electron chi connectivity index (χ0n) is 11.9. The van der Waals surface area contributed by atoms with E-state index in [0.717, 1.165) is 0 Å². The first-order chi connectivity index (χ1) is 10.0. The molecule has 2 aromatic carbocycles. The van der Waals surface area contributed by atoms with E-state index in [-0.39, 0.29) is 11.6 Å². The second-order valence-electron chi connectivity index (χ2n) is 4.72. The molecule has 0 unspecified atom stereocenters. The van der Waals surface area contributed by atoms with Crippen LogP contribution >= 0.6 is 0 Å². The molecule has 0 radical (unpaired) electrons. The average Bonchev–Trinajstić information content (AvgIpc) is 2.48. The maximum absolute atomic E-state index is 12.8. The first-order valence-corrected chi connectivity index (χ1v) is 6.47. The van der Waals surface area contributed by atoms with Crippen molar-refractivity contribution in [3.63, 3.8) is 0 Å². The predicted octanol–water partition coefficient (Wildman–Crippen LogP) is 3.88. The molecule has 0 spiro atoms. The van der Waals surface area contributed by atoms with Crippen molar-refractivity contribution in [3.8, 4) is 11.5 Å². The number of carbonyl (C=O) groups excluding carboxylic acids is 1. The lowest BCUT2D eigenvalue weighted by atomic mass is 10.1. The maximum Gasteiger partial charge on any atom is 0.187 e. The van der Waals surface area contributed by atoms with E-state index in [0.29, 0.717) is 17.1 Å². The Morgan fingerprint density at radius 1 is 1.00 bits per heavy atom. The van der Waals surface area contributed by atoms with Crippen molar-refractivity contribution in [1.29, 1.82) is 0 Å². The van der Waals surface area contributed by atoms with E-state index in [9.17, 15) is 9.18 Å². The standard InChI is InChI=1S/C17H16FNO2/c1-19(2)12-11-17(20)13-3-7-15(8-4-13)21-16-9-5-14(18)6-10-16/h3-12H,1-2H3/b12-11-. The molecule has 0 aliphatic heterocycles. The predicted molar refractivity (Wildman–Crippen MR) is 80.1 cm³/mol. The highest BCUT2D eigenvalue weighted by atomic mass is 19.1. The minimum Gasteiger partial charge on any atom is -0.457 e. The van der Waals surface area contributed by atoms with Crippen LogP contribution in [0.4, 0.5) is 4.39 Å². The summed E-state index contributed by atoms with van der Waals surface area (Å²) in [4.78, 5) is 13.7. The normalized spacial score (nSPS) is 10.6. The van der Waals surface area contributed by atoms with Crippen LogP contribution in [0.2, 0.25) is 0 Å². The molecule has 0 saturated heterocycles. The quantitative estimate of drug-likeness (QED) is 0.617. The lowest BCUT2D eigenvalue weighted by Crippen LogP contribution is -2.03. The van der Waals surface area contributed by atoms with Crippen molar-refractivity contribution in [1.82, 2.24) is 4.90 Å². The zero-order valence-corrected chi connectivity index (χ0v) is 11.9. The number of carbonyl (C=O) groups is 1. The number of rotatable bonds is 5. The van der Waals surface area contributed by atoms with E-state index in [4.69, 9.17) is 4.74 Å². The zero-order chi connectivity index (χ0) is 15.2. The summed E-state index contributed by atoms with van der Waals surface area (Å²) in [6.07, 6.45) is 3.21. The van der Waals surface area contributed by atoms with Gasteiger partial charge >= 0.3 is 0 Å². The van der Waals surface area contributed by atoms with Crippen LogP contribution in [0.25, 0.3) is 0 Å². The van der Waals surface area contributed by atoms with E-state index in [1.54, 1.807) is 47.5 Å². The molecular formula is C17H16FNO2.